The van der Waals surface area contributed by atoms with Gasteiger partial charge in [0.1, 0.15) is 0 Å². The van der Waals surface area contributed by atoms with Gasteiger partial charge in [-0.2, -0.15) is 5.10 Å². The van der Waals surface area contributed by atoms with E-state index in [4.69, 9.17) is 11.5 Å². The van der Waals surface area contributed by atoms with Crippen molar-refractivity contribution in [3.8, 4) is 10.6 Å². The lowest BCUT2D eigenvalue weighted by Gasteiger charge is -2.02. The Kier molecular flexibility index (Phi) is 3.38. The van der Waals surface area contributed by atoms with Crippen LogP contribution in [0.3, 0.4) is 0 Å². The molecular weight excluding hydrogens is 248 g/mol. The largest absolute Gasteiger partial charge is 0.397 e. The standard InChI is InChI=1S/C12H16N4OS/c1-3-7-5-9(16(4-2)15-7)11-8(13)6-10(18-11)12(14)17/h5-6H,3-4,13H2,1-2H3,(H2,14,17). The molecule has 0 aliphatic rings. The first-order chi connectivity index (χ1) is 8.56. The second kappa shape index (κ2) is 4.81. The van der Waals surface area contributed by atoms with Crippen molar-refractivity contribution in [1.82, 2.24) is 9.78 Å². The van der Waals surface area contributed by atoms with Gasteiger partial charge in [0.15, 0.2) is 0 Å². The van der Waals surface area contributed by atoms with Gasteiger partial charge in [-0.05, 0) is 25.5 Å². The predicted molar refractivity (Wildman–Crippen MR) is 73.5 cm³/mol. The van der Waals surface area contributed by atoms with E-state index >= 15 is 0 Å². The van der Waals surface area contributed by atoms with Crippen LogP contribution in [0.25, 0.3) is 10.6 Å². The van der Waals surface area contributed by atoms with E-state index in [1.165, 1.54) is 11.3 Å². The molecule has 18 heavy (non-hydrogen) atoms. The van der Waals surface area contributed by atoms with Crippen molar-refractivity contribution in [2.24, 2.45) is 5.73 Å². The Balaban J connectivity index is 2.53. The summed E-state index contributed by atoms with van der Waals surface area (Å²) in [5.74, 6) is -0.448. The highest BCUT2D eigenvalue weighted by atomic mass is 32.1. The monoisotopic (exact) mass is 264 g/mol. The molecule has 0 unspecified atom stereocenters. The van der Waals surface area contributed by atoms with E-state index in [1.54, 1.807) is 6.07 Å². The van der Waals surface area contributed by atoms with E-state index in [0.29, 0.717) is 10.6 Å². The lowest BCUT2D eigenvalue weighted by Crippen LogP contribution is -2.08. The van der Waals surface area contributed by atoms with E-state index in [2.05, 4.69) is 12.0 Å². The average molecular weight is 264 g/mol. The molecule has 2 aromatic rings. The third-order valence-electron chi connectivity index (χ3n) is 2.73. The smallest absolute Gasteiger partial charge is 0.258 e. The maximum Gasteiger partial charge on any atom is 0.258 e. The number of aromatic nitrogens is 2. The second-order valence-corrected chi connectivity index (χ2v) is 5.00. The molecule has 2 aromatic heterocycles. The average Bonchev–Trinajstić information content (AvgIpc) is 2.91. The first kappa shape index (κ1) is 12.6. The number of anilines is 1. The third kappa shape index (κ3) is 2.11. The van der Waals surface area contributed by atoms with Crippen LogP contribution >= 0.6 is 11.3 Å². The van der Waals surface area contributed by atoms with Crippen LogP contribution in [0.1, 0.15) is 29.2 Å². The van der Waals surface area contributed by atoms with Crippen LogP contribution < -0.4 is 11.5 Å². The van der Waals surface area contributed by atoms with E-state index < -0.39 is 5.91 Å². The van der Waals surface area contributed by atoms with Crippen LogP contribution in [0.15, 0.2) is 12.1 Å². The van der Waals surface area contributed by atoms with Gasteiger partial charge in [0.25, 0.3) is 5.91 Å². The third-order valence-corrected chi connectivity index (χ3v) is 3.92. The first-order valence-electron chi connectivity index (χ1n) is 5.83. The number of nitrogens with two attached hydrogens (primary N) is 2. The van der Waals surface area contributed by atoms with Gasteiger partial charge < -0.3 is 11.5 Å². The fourth-order valence-corrected chi connectivity index (χ4v) is 2.75. The molecule has 0 aliphatic heterocycles. The van der Waals surface area contributed by atoms with E-state index in [-0.39, 0.29) is 0 Å². The number of carbonyl (C=O) groups is 1. The van der Waals surface area contributed by atoms with Gasteiger partial charge in [-0.15, -0.1) is 11.3 Å². The summed E-state index contributed by atoms with van der Waals surface area (Å²) in [7, 11) is 0. The molecule has 0 spiro atoms. The Bertz CT molecular complexity index is 585. The summed E-state index contributed by atoms with van der Waals surface area (Å²) in [6, 6.07) is 3.64. The molecule has 96 valence electrons. The van der Waals surface area contributed by atoms with Crippen LogP contribution in [0, 0.1) is 0 Å². The molecule has 2 heterocycles. The topological polar surface area (TPSA) is 86.9 Å². The van der Waals surface area contributed by atoms with Gasteiger partial charge in [0.2, 0.25) is 0 Å². The molecular formula is C12H16N4OS. The molecule has 4 N–H and O–H groups in total. The summed E-state index contributed by atoms with van der Waals surface area (Å²) >= 11 is 1.31. The van der Waals surface area contributed by atoms with Crippen LogP contribution in [0.2, 0.25) is 0 Å². The number of nitrogens with zero attached hydrogens (tertiary/aromatic N) is 2. The summed E-state index contributed by atoms with van der Waals surface area (Å²) in [4.78, 5) is 12.5. The number of hydrogen-bond acceptors (Lipinski definition) is 4. The SMILES string of the molecule is CCc1cc(-c2sc(C(N)=O)cc2N)n(CC)n1. The number of carbonyl (C=O) groups excluding carboxylic acids is 1. The summed E-state index contributed by atoms with van der Waals surface area (Å²) in [6.07, 6.45) is 0.869. The van der Waals surface area contributed by atoms with Crippen molar-refractivity contribution in [3.63, 3.8) is 0 Å². The molecule has 2 rings (SSSR count). The molecule has 0 radical (unpaired) electrons. The molecule has 0 saturated carbocycles. The van der Waals surface area contributed by atoms with Crippen molar-refractivity contribution < 1.29 is 4.79 Å². The van der Waals surface area contributed by atoms with E-state index in [9.17, 15) is 4.79 Å². The van der Waals surface area contributed by atoms with Crippen molar-refractivity contribution >= 4 is 22.9 Å². The minimum Gasteiger partial charge on any atom is -0.397 e. The zero-order valence-corrected chi connectivity index (χ0v) is 11.3. The van der Waals surface area contributed by atoms with Gasteiger partial charge in [0.05, 0.1) is 26.8 Å². The zero-order valence-electron chi connectivity index (χ0n) is 10.4. The van der Waals surface area contributed by atoms with Crippen LogP contribution in [-0.4, -0.2) is 15.7 Å². The number of hydrogen-bond donors (Lipinski definition) is 2. The van der Waals surface area contributed by atoms with Crippen molar-refractivity contribution in [3.05, 3.63) is 22.7 Å². The minimum absolute atomic E-state index is 0.448. The highest BCUT2D eigenvalue weighted by Crippen LogP contribution is 2.35. The lowest BCUT2D eigenvalue weighted by molar-refractivity contribution is 0.100. The molecule has 5 nitrogen and oxygen atoms in total. The molecule has 0 saturated heterocycles. The van der Waals surface area contributed by atoms with Crippen molar-refractivity contribution in [1.29, 1.82) is 0 Å². The molecule has 1 amide bonds. The van der Waals surface area contributed by atoms with Gasteiger partial charge in [-0.1, -0.05) is 6.92 Å². The highest BCUT2D eigenvalue weighted by Gasteiger charge is 2.16. The maximum atomic E-state index is 11.2. The van der Waals surface area contributed by atoms with E-state index in [1.807, 2.05) is 17.7 Å². The number of rotatable bonds is 4. The number of nitrogen functional groups attached to an aromatic ring is 1. The number of amides is 1. The molecule has 0 aliphatic carbocycles. The maximum absolute atomic E-state index is 11.2. The van der Waals surface area contributed by atoms with Crippen molar-refractivity contribution in [2.45, 2.75) is 26.8 Å². The summed E-state index contributed by atoms with van der Waals surface area (Å²) in [5.41, 5.74) is 13.8. The Morgan fingerprint density at radius 1 is 1.44 bits per heavy atom. The van der Waals surface area contributed by atoms with Crippen LogP contribution in [0.5, 0.6) is 0 Å². The van der Waals surface area contributed by atoms with Crippen molar-refractivity contribution in [2.75, 3.05) is 5.73 Å². The van der Waals surface area contributed by atoms with Gasteiger partial charge >= 0.3 is 0 Å². The fraction of sp³-hybridized carbons (Fsp3) is 0.333. The van der Waals surface area contributed by atoms with Crippen LogP contribution in [-0.2, 0) is 13.0 Å². The number of aryl methyl sites for hydroxylation is 2. The Morgan fingerprint density at radius 3 is 2.67 bits per heavy atom. The molecule has 0 aromatic carbocycles. The summed E-state index contributed by atoms with van der Waals surface area (Å²) in [6.45, 7) is 4.84. The molecule has 0 fully saturated rings. The molecule has 0 bridgehead atoms. The first-order valence-corrected chi connectivity index (χ1v) is 6.64. The van der Waals surface area contributed by atoms with Gasteiger partial charge in [-0.3, -0.25) is 9.48 Å². The van der Waals surface area contributed by atoms with Gasteiger partial charge in [-0.25, -0.2) is 0 Å². The normalized spacial score (nSPS) is 10.8. The zero-order chi connectivity index (χ0) is 13.3. The predicted octanol–water partition coefficient (Wildman–Crippen LogP) is 1.87. The quantitative estimate of drug-likeness (QED) is 0.883. The van der Waals surface area contributed by atoms with E-state index in [0.717, 1.165) is 29.2 Å². The highest BCUT2D eigenvalue weighted by molar-refractivity contribution is 7.18. The molecule has 0 atom stereocenters. The fourth-order valence-electron chi connectivity index (χ4n) is 1.79. The lowest BCUT2D eigenvalue weighted by atomic mass is 10.2. The number of primary amides is 1. The number of thiophene rings is 1. The minimum atomic E-state index is -0.448. The summed E-state index contributed by atoms with van der Waals surface area (Å²) < 4.78 is 1.89. The van der Waals surface area contributed by atoms with Crippen LogP contribution in [0.4, 0.5) is 5.69 Å². The summed E-state index contributed by atoms with van der Waals surface area (Å²) in [5, 5.41) is 4.47. The Morgan fingerprint density at radius 2 is 2.17 bits per heavy atom. The van der Waals surface area contributed by atoms with Gasteiger partial charge in [0, 0.05) is 6.54 Å². The second-order valence-electron chi connectivity index (χ2n) is 3.95. The molecule has 6 heteroatoms. The Hall–Kier alpha value is -1.82. The Labute approximate surface area is 109 Å².